The van der Waals surface area contributed by atoms with Crippen LogP contribution in [0, 0.1) is 0 Å². The van der Waals surface area contributed by atoms with E-state index in [2.05, 4.69) is 26.7 Å². The molecule has 164 valence electrons. The zero-order chi connectivity index (χ0) is 21.6. The second kappa shape index (κ2) is 7.49. The summed E-state index contributed by atoms with van der Waals surface area (Å²) in [5.41, 5.74) is 8.03. The third kappa shape index (κ3) is 3.48. The first-order chi connectivity index (χ1) is 14.9. The minimum Gasteiger partial charge on any atom is -0.465 e. The van der Waals surface area contributed by atoms with Crippen molar-refractivity contribution in [1.82, 2.24) is 24.8 Å². The maximum Gasteiger partial charge on any atom is 0.407 e. The van der Waals surface area contributed by atoms with Gasteiger partial charge in [-0.05, 0) is 19.8 Å². The number of fused-ring (bicyclic) bond motifs is 1. The quantitative estimate of drug-likeness (QED) is 0.727. The van der Waals surface area contributed by atoms with Gasteiger partial charge in [0.05, 0.1) is 24.4 Å². The van der Waals surface area contributed by atoms with Crippen molar-refractivity contribution in [1.29, 1.82) is 0 Å². The van der Waals surface area contributed by atoms with Gasteiger partial charge in [0.25, 0.3) is 0 Å². The Kier molecular flexibility index (Phi) is 4.77. The minimum atomic E-state index is -0.875. The number of carbonyl (C=O) groups is 1. The Labute approximate surface area is 179 Å². The first-order valence-corrected chi connectivity index (χ1v) is 10.5. The molecule has 0 bridgehead atoms. The van der Waals surface area contributed by atoms with Crippen molar-refractivity contribution in [2.45, 2.75) is 25.3 Å². The Morgan fingerprint density at radius 1 is 1.16 bits per heavy atom. The molecular weight excluding hydrogens is 400 g/mol. The highest BCUT2D eigenvalue weighted by atomic mass is 16.5. The van der Waals surface area contributed by atoms with E-state index in [0.29, 0.717) is 32.3 Å². The predicted octanol–water partition coefficient (Wildman–Crippen LogP) is 0.857. The Balaban J connectivity index is 1.58. The van der Waals surface area contributed by atoms with Gasteiger partial charge in [0, 0.05) is 56.2 Å². The number of ether oxygens (including phenoxy) is 1. The molecule has 0 saturated carbocycles. The summed E-state index contributed by atoms with van der Waals surface area (Å²) >= 11 is 0. The normalized spacial score (nSPS) is 23.3. The van der Waals surface area contributed by atoms with Gasteiger partial charge in [0.1, 0.15) is 5.82 Å². The van der Waals surface area contributed by atoms with Crippen LogP contribution in [0.15, 0.2) is 12.4 Å². The molecule has 0 aliphatic carbocycles. The minimum absolute atomic E-state index is 0.219. The van der Waals surface area contributed by atoms with Gasteiger partial charge in [-0.3, -0.25) is 0 Å². The molecule has 5 rings (SSSR count). The lowest BCUT2D eigenvalue weighted by Gasteiger charge is -2.37. The molecule has 2 fully saturated rings. The molecule has 3 N–H and O–H groups in total. The molecule has 1 amide bonds. The SMILES string of the molecule is CC1(N2CCc3c(-c4cnc(N)nc4)nc(N4CCOCC4)nc32)CCN(C(=O)O)C1. The lowest BCUT2D eigenvalue weighted by molar-refractivity contribution is 0.122. The number of nitrogens with two attached hydrogens (primary N) is 1. The molecule has 3 aliphatic rings. The molecule has 1 atom stereocenters. The smallest absolute Gasteiger partial charge is 0.407 e. The van der Waals surface area contributed by atoms with Crippen LogP contribution in [-0.4, -0.2) is 87.5 Å². The van der Waals surface area contributed by atoms with Crippen LogP contribution in [-0.2, 0) is 11.2 Å². The van der Waals surface area contributed by atoms with E-state index in [1.165, 1.54) is 4.90 Å². The van der Waals surface area contributed by atoms with E-state index >= 15 is 0 Å². The van der Waals surface area contributed by atoms with Crippen LogP contribution in [0.5, 0.6) is 0 Å². The molecule has 31 heavy (non-hydrogen) atoms. The summed E-state index contributed by atoms with van der Waals surface area (Å²) in [6, 6.07) is 0. The molecule has 0 spiro atoms. The number of hydrogen-bond acceptors (Lipinski definition) is 9. The summed E-state index contributed by atoms with van der Waals surface area (Å²) in [7, 11) is 0. The number of aromatic nitrogens is 4. The van der Waals surface area contributed by atoms with Crippen molar-refractivity contribution in [3.05, 3.63) is 18.0 Å². The fourth-order valence-corrected chi connectivity index (χ4v) is 4.70. The Bertz CT molecular complexity index is 995. The van der Waals surface area contributed by atoms with E-state index in [4.69, 9.17) is 20.4 Å². The first kappa shape index (κ1) is 19.7. The van der Waals surface area contributed by atoms with Gasteiger partial charge in [0.15, 0.2) is 0 Å². The van der Waals surface area contributed by atoms with Crippen molar-refractivity contribution in [2.75, 3.05) is 61.5 Å². The van der Waals surface area contributed by atoms with Crippen molar-refractivity contribution in [3.63, 3.8) is 0 Å². The number of carboxylic acid groups (broad SMARTS) is 1. The van der Waals surface area contributed by atoms with E-state index < -0.39 is 6.09 Å². The fourth-order valence-electron chi connectivity index (χ4n) is 4.70. The van der Waals surface area contributed by atoms with Crippen LogP contribution in [0.4, 0.5) is 22.5 Å². The molecule has 1 unspecified atom stereocenters. The zero-order valence-corrected chi connectivity index (χ0v) is 17.5. The van der Waals surface area contributed by atoms with Crippen molar-refractivity contribution in [3.8, 4) is 11.3 Å². The van der Waals surface area contributed by atoms with Gasteiger partial charge in [-0.1, -0.05) is 0 Å². The maximum absolute atomic E-state index is 11.5. The number of nitrogens with zero attached hydrogens (tertiary/aromatic N) is 7. The second-order valence-electron chi connectivity index (χ2n) is 8.46. The van der Waals surface area contributed by atoms with Gasteiger partial charge >= 0.3 is 6.09 Å². The Hall–Kier alpha value is -3.21. The highest BCUT2D eigenvalue weighted by Crippen LogP contribution is 2.41. The van der Waals surface area contributed by atoms with Gasteiger partial charge in [0.2, 0.25) is 11.9 Å². The fraction of sp³-hybridized carbons (Fsp3) is 0.550. The summed E-state index contributed by atoms with van der Waals surface area (Å²) in [5, 5.41) is 9.45. The number of nitrogen functional groups attached to an aromatic ring is 1. The average molecular weight is 426 g/mol. The summed E-state index contributed by atoms with van der Waals surface area (Å²) in [5.74, 6) is 1.74. The van der Waals surface area contributed by atoms with Crippen molar-refractivity contribution >= 4 is 23.8 Å². The van der Waals surface area contributed by atoms with Crippen LogP contribution in [0.2, 0.25) is 0 Å². The summed E-state index contributed by atoms with van der Waals surface area (Å²) in [4.78, 5) is 35.6. The number of amides is 1. The lowest BCUT2D eigenvalue weighted by Crippen LogP contribution is -2.48. The van der Waals surface area contributed by atoms with Crippen LogP contribution >= 0.6 is 0 Å². The van der Waals surface area contributed by atoms with Crippen LogP contribution in [0.25, 0.3) is 11.3 Å². The van der Waals surface area contributed by atoms with E-state index in [0.717, 1.165) is 55.1 Å². The standard InChI is InChI=1S/C20H26N8O3/c1-20(3-5-27(12-20)19(29)30)28-4-2-14-15(13-10-22-17(21)23-11-13)24-18(25-16(14)28)26-6-8-31-9-7-26/h10-11H,2-9,12H2,1H3,(H,29,30)(H2,21,22,23). The Morgan fingerprint density at radius 3 is 2.58 bits per heavy atom. The number of likely N-dealkylation sites (tertiary alicyclic amines) is 1. The third-order valence-electron chi connectivity index (χ3n) is 6.43. The third-order valence-corrected chi connectivity index (χ3v) is 6.43. The molecule has 11 heteroatoms. The molecule has 0 aromatic carbocycles. The molecule has 0 radical (unpaired) electrons. The topological polar surface area (TPSA) is 134 Å². The largest absolute Gasteiger partial charge is 0.465 e. The molecule has 5 heterocycles. The summed E-state index contributed by atoms with van der Waals surface area (Å²) in [6.45, 7) is 6.58. The molecular formula is C20H26N8O3. The van der Waals surface area contributed by atoms with E-state index in [1.54, 1.807) is 12.4 Å². The predicted molar refractivity (Wildman–Crippen MR) is 114 cm³/mol. The average Bonchev–Trinajstić information content (AvgIpc) is 3.39. The van der Waals surface area contributed by atoms with Crippen molar-refractivity contribution < 1.29 is 14.6 Å². The highest BCUT2D eigenvalue weighted by Gasteiger charge is 2.44. The first-order valence-electron chi connectivity index (χ1n) is 10.5. The molecule has 2 aromatic rings. The van der Waals surface area contributed by atoms with Gasteiger partial charge < -0.3 is 30.3 Å². The maximum atomic E-state index is 11.5. The number of rotatable bonds is 3. The number of anilines is 3. The van der Waals surface area contributed by atoms with Crippen LogP contribution in [0.3, 0.4) is 0 Å². The van der Waals surface area contributed by atoms with E-state index in [9.17, 15) is 9.90 Å². The van der Waals surface area contributed by atoms with Gasteiger partial charge in [-0.15, -0.1) is 0 Å². The number of hydrogen-bond donors (Lipinski definition) is 2. The van der Waals surface area contributed by atoms with Gasteiger partial charge in [-0.2, -0.15) is 4.98 Å². The zero-order valence-electron chi connectivity index (χ0n) is 17.5. The highest BCUT2D eigenvalue weighted by molar-refractivity contribution is 5.73. The van der Waals surface area contributed by atoms with Crippen LogP contribution in [0.1, 0.15) is 18.9 Å². The molecule has 2 aromatic heterocycles. The van der Waals surface area contributed by atoms with E-state index in [1.807, 2.05) is 0 Å². The summed E-state index contributed by atoms with van der Waals surface area (Å²) in [6.07, 6.45) is 4.05. The van der Waals surface area contributed by atoms with Gasteiger partial charge in [-0.25, -0.2) is 19.7 Å². The lowest BCUT2D eigenvalue weighted by atomic mass is 9.99. The van der Waals surface area contributed by atoms with Crippen molar-refractivity contribution in [2.24, 2.45) is 0 Å². The molecule has 3 aliphatic heterocycles. The second-order valence-corrected chi connectivity index (χ2v) is 8.46. The monoisotopic (exact) mass is 426 g/mol. The molecule has 2 saturated heterocycles. The molecule has 11 nitrogen and oxygen atoms in total. The summed E-state index contributed by atoms with van der Waals surface area (Å²) < 4.78 is 5.49. The number of morpholine rings is 1. The van der Waals surface area contributed by atoms with Crippen LogP contribution < -0.4 is 15.5 Å². The van der Waals surface area contributed by atoms with E-state index in [-0.39, 0.29) is 11.5 Å². The Morgan fingerprint density at radius 2 is 1.90 bits per heavy atom.